The van der Waals surface area contributed by atoms with Gasteiger partial charge >= 0.3 is 0 Å². The largest absolute Gasteiger partial charge is 0.352 e. The smallest absolute Gasteiger partial charge is 0.222 e. The Bertz CT molecular complexity index is 399. The highest BCUT2D eigenvalue weighted by molar-refractivity contribution is 5.85. The molecule has 1 aliphatic rings. The predicted octanol–water partition coefficient (Wildman–Crippen LogP) is 0.968. The summed E-state index contributed by atoms with van der Waals surface area (Å²) < 4.78 is 0. The maximum Gasteiger partial charge on any atom is 0.222 e. The Kier molecular flexibility index (Phi) is 10.0. The van der Waals surface area contributed by atoms with Crippen LogP contribution in [0.5, 0.6) is 0 Å². The summed E-state index contributed by atoms with van der Waals surface area (Å²) in [4.78, 5) is 16.1. The second-order valence-corrected chi connectivity index (χ2v) is 4.66. The van der Waals surface area contributed by atoms with Crippen molar-refractivity contribution in [3.8, 4) is 0 Å². The van der Waals surface area contributed by atoms with Crippen molar-refractivity contribution in [3.05, 3.63) is 18.3 Å². The van der Waals surface area contributed by atoms with Gasteiger partial charge in [-0.1, -0.05) is 0 Å². The number of aromatic nitrogens is 2. The Morgan fingerprint density at radius 2 is 2.00 bits per heavy atom. The second-order valence-electron chi connectivity index (χ2n) is 4.66. The molecule has 0 aromatic carbocycles. The van der Waals surface area contributed by atoms with Gasteiger partial charge in [0, 0.05) is 38.8 Å². The zero-order valence-corrected chi connectivity index (χ0v) is 13.8. The number of anilines is 1. The van der Waals surface area contributed by atoms with E-state index in [0.29, 0.717) is 6.42 Å². The van der Waals surface area contributed by atoms with Gasteiger partial charge in [-0.25, -0.2) is 0 Å². The molecule has 21 heavy (non-hydrogen) atoms. The van der Waals surface area contributed by atoms with Gasteiger partial charge < -0.3 is 15.1 Å². The molecule has 1 aromatic rings. The van der Waals surface area contributed by atoms with Crippen LogP contribution in [0.4, 0.5) is 5.82 Å². The average Bonchev–Trinajstić information content (AvgIpc) is 2.48. The van der Waals surface area contributed by atoms with Gasteiger partial charge in [-0.05, 0) is 32.1 Å². The molecule has 0 radical (unpaired) electrons. The molecule has 0 atom stereocenters. The van der Waals surface area contributed by atoms with Crippen molar-refractivity contribution in [2.75, 3.05) is 44.7 Å². The molecule has 0 saturated carbocycles. The Morgan fingerprint density at radius 1 is 1.29 bits per heavy atom. The number of rotatable bonds is 5. The minimum atomic E-state index is 0. The van der Waals surface area contributed by atoms with Crippen LogP contribution in [0.25, 0.3) is 0 Å². The van der Waals surface area contributed by atoms with Crippen LogP contribution in [0, 0.1) is 0 Å². The number of nitrogens with zero attached hydrogens (tertiary/aromatic N) is 4. The quantitative estimate of drug-likeness (QED) is 0.812. The number of amides is 1. The lowest BCUT2D eigenvalue weighted by Crippen LogP contribution is -2.49. The SMILES string of the molecule is CNCCCC(=O)N1CCN(c2cccnn2)CC1.Cl.Cl. The fourth-order valence-corrected chi connectivity index (χ4v) is 2.22. The molecular weight excluding hydrogens is 313 g/mol. The van der Waals surface area contributed by atoms with Crippen molar-refractivity contribution >= 4 is 36.5 Å². The lowest BCUT2D eigenvalue weighted by Gasteiger charge is -2.35. The normalized spacial score (nSPS) is 14.1. The molecule has 1 fully saturated rings. The highest BCUT2D eigenvalue weighted by Crippen LogP contribution is 2.12. The Labute approximate surface area is 138 Å². The molecule has 120 valence electrons. The van der Waals surface area contributed by atoms with Crippen LogP contribution in [0.1, 0.15) is 12.8 Å². The summed E-state index contributed by atoms with van der Waals surface area (Å²) in [6, 6.07) is 3.84. The van der Waals surface area contributed by atoms with Gasteiger partial charge in [0.05, 0.1) is 0 Å². The molecule has 0 bridgehead atoms. The van der Waals surface area contributed by atoms with E-state index >= 15 is 0 Å². The molecule has 0 aliphatic carbocycles. The first kappa shape index (κ1) is 19.9. The van der Waals surface area contributed by atoms with E-state index in [2.05, 4.69) is 20.4 Å². The van der Waals surface area contributed by atoms with Crippen LogP contribution in [0.2, 0.25) is 0 Å². The zero-order valence-electron chi connectivity index (χ0n) is 12.2. The summed E-state index contributed by atoms with van der Waals surface area (Å²) in [5.41, 5.74) is 0. The highest BCUT2D eigenvalue weighted by Gasteiger charge is 2.21. The average molecular weight is 336 g/mol. The molecule has 1 amide bonds. The summed E-state index contributed by atoms with van der Waals surface area (Å²) >= 11 is 0. The van der Waals surface area contributed by atoms with Crippen LogP contribution < -0.4 is 10.2 Å². The van der Waals surface area contributed by atoms with Crippen molar-refractivity contribution < 1.29 is 4.79 Å². The number of hydrogen-bond donors (Lipinski definition) is 1. The standard InChI is InChI=1S/C13H21N5O.2ClH/c1-14-6-3-5-13(19)18-10-8-17(9-11-18)12-4-2-7-15-16-12;;/h2,4,7,14H,3,5-6,8-11H2,1H3;2*1H. The van der Waals surface area contributed by atoms with Gasteiger partial charge in [0.2, 0.25) is 5.91 Å². The van der Waals surface area contributed by atoms with Crippen LogP contribution in [-0.2, 0) is 4.79 Å². The van der Waals surface area contributed by atoms with E-state index in [1.165, 1.54) is 0 Å². The lowest BCUT2D eigenvalue weighted by molar-refractivity contribution is -0.131. The summed E-state index contributed by atoms with van der Waals surface area (Å²) in [6.45, 7) is 4.10. The van der Waals surface area contributed by atoms with E-state index in [1.807, 2.05) is 24.1 Å². The number of hydrogen-bond acceptors (Lipinski definition) is 5. The van der Waals surface area contributed by atoms with E-state index in [-0.39, 0.29) is 30.7 Å². The first-order chi connectivity index (χ1) is 9.31. The molecule has 0 unspecified atom stereocenters. The van der Waals surface area contributed by atoms with Crippen LogP contribution in [0.15, 0.2) is 18.3 Å². The minimum absolute atomic E-state index is 0. The van der Waals surface area contributed by atoms with Crippen LogP contribution >= 0.6 is 24.8 Å². The Balaban J connectivity index is 0.00000200. The Morgan fingerprint density at radius 3 is 2.57 bits per heavy atom. The second kappa shape index (κ2) is 10.6. The molecule has 6 nitrogen and oxygen atoms in total. The first-order valence-corrected chi connectivity index (χ1v) is 6.76. The topological polar surface area (TPSA) is 61.4 Å². The monoisotopic (exact) mass is 335 g/mol. The van der Waals surface area contributed by atoms with Crippen molar-refractivity contribution in [1.82, 2.24) is 20.4 Å². The molecule has 1 aromatic heterocycles. The molecule has 8 heteroatoms. The van der Waals surface area contributed by atoms with Gasteiger partial charge in [0.25, 0.3) is 0 Å². The fourth-order valence-electron chi connectivity index (χ4n) is 2.22. The molecule has 1 N–H and O–H groups in total. The van der Waals surface area contributed by atoms with Gasteiger partial charge in [0.1, 0.15) is 0 Å². The molecule has 2 rings (SSSR count). The van der Waals surface area contributed by atoms with E-state index in [4.69, 9.17) is 0 Å². The summed E-state index contributed by atoms with van der Waals surface area (Å²) in [7, 11) is 1.91. The zero-order chi connectivity index (χ0) is 13.5. The Hall–Kier alpha value is -1.11. The molecule has 1 saturated heterocycles. The van der Waals surface area contributed by atoms with Gasteiger partial charge in [-0.3, -0.25) is 4.79 Å². The van der Waals surface area contributed by atoms with E-state index in [9.17, 15) is 4.79 Å². The van der Waals surface area contributed by atoms with Gasteiger partial charge in [0.15, 0.2) is 5.82 Å². The number of piperazine rings is 1. The maximum atomic E-state index is 12.0. The number of carbonyl (C=O) groups is 1. The third-order valence-electron chi connectivity index (χ3n) is 3.33. The van der Waals surface area contributed by atoms with Crippen LogP contribution in [-0.4, -0.2) is 60.8 Å². The minimum Gasteiger partial charge on any atom is -0.352 e. The van der Waals surface area contributed by atoms with Crippen molar-refractivity contribution in [1.29, 1.82) is 0 Å². The third kappa shape index (κ3) is 6.03. The van der Waals surface area contributed by atoms with Crippen LogP contribution in [0.3, 0.4) is 0 Å². The molecule has 2 heterocycles. The van der Waals surface area contributed by atoms with Crippen molar-refractivity contribution in [3.63, 3.8) is 0 Å². The summed E-state index contributed by atoms with van der Waals surface area (Å²) in [5.74, 6) is 1.15. The maximum absolute atomic E-state index is 12.0. The highest BCUT2D eigenvalue weighted by atomic mass is 35.5. The van der Waals surface area contributed by atoms with Crippen molar-refractivity contribution in [2.24, 2.45) is 0 Å². The first-order valence-electron chi connectivity index (χ1n) is 6.76. The summed E-state index contributed by atoms with van der Waals surface area (Å²) in [6.07, 6.45) is 3.21. The number of carbonyl (C=O) groups excluding carboxylic acids is 1. The molecular formula is C13H23Cl2N5O. The number of nitrogens with one attached hydrogen (secondary N) is 1. The molecule has 0 spiro atoms. The van der Waals surface area contributed by atoms with Gasteiger partial charge in [-0.2, -0.15) is 5.10 Å². The fraction of sp³-hybridized carbons (Fsp3) is 0.615. The van der Waals surface area contributed by atoms with E-state index < -0.39 is 0 Å². The third-order valence-corrected chi connectivity index (χ3v) is 3.33. The van der Waals surface area contributed by atoms with E-state index in [0.717, 1.165) is 45.0 Å². The lowest BCUT2D eigenvalue weighted by atomic mass is 10.2. The van der Waals surface area contributed by atoms with Crippen molar-refractivity contribution in [2.45, 2.75) is 12.8 Å². The summed E-state index contributed by atoms with van der Waals surface area (Å²) in [5, 5.41) is 11.0. The predicted molar refractivity (Wildman–Crippen MR) is 88.5 cm³/mol. The molecule has 1 aliphatic heterocycles. The van der Waals surface area contributed by atoms with Gasteiger partial charge in [-0.15, -0.1) is 29.9 Å². The number of halogens is 2. The van der Waals surface area contributed by atoms with E-state index in [1.54, 1.807) is 6.20 Å².